The third-order valence-corrected chi connectivity index (χ3v) is 7.03. The molecule has 1 aromatic carbocycles. The summed E-state index contributed by atoms with van der Waals surface area (Å²) in [5.74, 6) is -1.33. The second-order valence-electron chi connectivity index (χ2n) is 8.77. The van der Waals surface area contributed by atoms with Crippen LogP contribution in [0.15, 0.2) is 36.5 Å². The summed E-state index contributed by atoms with van der Waals surface area (Å²) in [6.07, 6.45) is 4.60. The molecule has 2 amide bonds. The van der Waals surface area contributed by atoms with Crippen LogP contribution < -0.4 is 15.4 Å². The van der Waals surface area contributed by atoms with Crippen molar-refractivity contribution in [3.8, 4) is 5.75 Å². The average Bonchev–Trinajstić information content (AvgIpc) is 2.76. The highest BCUT2D eigenvalue weighted by atomic mass is 35.5. The molecule has 1 unspecified atom stereocenters. The Morgan fingerprint density at radius 2 is 1.91 bits per heavy atom. The molecular formula is C23H24ClF2N3O3. The maximum absolute atomic E-state index is 13.5. The highest BCUT2D eigenvalue weighted by molar-refractivity contribution is 6.30. The first-order valence-electron chi connectivity index (χ1n) is 10.5. The van der Waals surface area contributed by atoms with Gasteiger partial charge in [0.25, 0.3) is 11.8 Å². The molecular weight excluding hydrogens is 440 g/mol. The molecule has 2 N–H and O–H groups in total. The molecule has 3 saturated carbocycles. The monoisotopic (exact) mass is 463 g/mol. The number of benzene rings is 1. The van der Waals surface area contributed by atoms with E-state index in [0.717, 1.165) is 12.3 Å². The number of carbonyl (C=O) groups is 2. The lowest BCUT2D eigenvalue weighted by Gasteiger charge is -2.57. The predicted molar refractivity (Wildman–Crippen MR) is 114 cm³/mol. The van der Waals surface area contributed by atoms with E-state index >= 15 is 0 Å². The van der Waals surface area contributed by atoms with Crippen molar-refractivity contribution in [3.05, 3.63) is 58.9 Å². The molecule has 0 saturated heterocycles. The molecule has 3 aliphatic rings. The third-order valence-electron chi connectivity index (χ3n) is 6.73. The van der Waals surface area contributed by atoms with Gasteiger partial charge in [-0.15, -0.1) is 0 Å². The molecule has 1 atom stereocenters. The first-order chi connectivity index (χ1) is 15.2. The van der Waals surface area contributed by atoms with Crippen LogP contribution in [0.2, 0.25) is 5.02 Å². The Balaban J connectivity index is 1.34. The van der Waals surface area contributed by atoms with E-state index in [-0.39, 0.29) is 51.9 Å². The summed E-state index contributed by atoms with van der Waals surface area (Å²) in [5, 5.41) is 6.22. The molecule has 32 heavy (non-hydrogen) atoms. The molecule has 1 heterocycles. The molecule has 170 valence electrons. The van der Waals surface area contributed by atoms with E-state index < -0.39 is 11.6 Å². The minimum absolute atomic E-state index is 0.00953. The lowest BCUT2D eigenvalue weighted by Crippen LogP contribution is -2.67. The van der Waals surface area contributed by atoms with E-state index in [0.29, 0.717) is 32.1 Å². The van der Waals surface area contributed by atoms with Crippen LogP contribution in [0.3, 0.4) is 0 Å². The summed E-state index contributed by atoms with van der Waals surface area (Å²) in [6.45, 7) is 1.83. The van der Waals surface area contributed by atoms with Crippen molar-refractivity contribution in [1.82, 2.24) is 15.6 Å². The lowest BCUT2D eigenvalue weighted by molar-refractivity contribution is -0.128. The van der Waals surface area contributed by atoms with Crippen LogP contribution in [0.1, 0.15) is 49.5 Å². The Hall–Kier alpha value is -2.74. The minimum atomic E-state index is -0.606. The summed E-state index contributed by atoms with van der Waals surface area (Å²) >= 11 is 5.66. The van der Waals surface area contributed by atoms with Gasteiger partial charge in [0.15, 0.2) is 6.61 Å². The van der Waals surface area contributed by atoms with E-state index in [1.165, 1.54) is 24.3 Å². The van der Waals surface area contributed by atoms with Crippen molar-refractivity contribution in [2.24, 2.45) is 5.92 Å². The SMILES string of the molecule is CC1CC2(NC(=O)c3ccc(F)cn3)CCC1(NC(=O)COc1ccc(Cl)c(F)c1)CC2. The normalized spacial score (nSPS) is 26.4. The van der Waals surface area contributed by atoms with Crippen molar-refractivity contribution in [2.75, 3.05) is 6.61 Å². The van der Waals surface area contributed by atoms with E-state index in [1.807, 2.05) is 0 Å². The van der Waals surface area contributed by atoms with E-state index in [1.54, 1.807) is 0 Å². The quantitative estimate of drug-likeness (QED) is 0.677. The summed E-state index contributed by atoms with van der Waals surface area (Å²) in [7, 11) is 0. The first kappa shape index (κ1) is 22.5. The smallest absolute Gasteiger partial charge is 0.270 e. The molecule has 2 aromatic rings. The van der Waals surface area contributed by atoms with Crippen LogP contribution in [-0.4, -0.2) is 34.5 Å². The number of nitrogens with one attached hydrogen (secondary N) is 2. The van der Waals surface area contributed by atoms with Gasteiger partial charge in [0.2, 0.25) is 0 Å². The molecule has 3 fully saturated rings. The van der Waals surface area contributed by atoms with Gasteiger partial charge in [-0.2, -0.15) is 0 Å². The van der Waals surface area contributed by atoms with Gasteiger partial charge in [0.1, 0.15) is 23.1 Å². The van der Waals surface area contributed by atoms with E-state index in [9.17, 15) is 18.4 Å². The average molecular weight is 464 g/mol. The van der Waals surface area contributed by atoms with Crippen molar-refractivity contribution < 1.29 is 23.1 Å². The van der Waals surface area contributed by atoms with Gasteiger partial charge in [-0.25, -0.2) is 13.8 Å². The van der Waals surface area contributed by atoms with Gasteiger partial charge in [-0.3, -0.25) is 9.59 Å². The van der Waals surface area contributed by atoms with Crippen LogP contribution >= 0.6 is 11.6 Å². The van der Waals surface area contributed by atoms with Crippen LogP contribution in [0.25, 0.3) is 0 Å². The summed E-state index contributed by atoms with van der Waals surface area (Å²) < 4.78 is 32.0. The maximum Gasteiger partial charge on any atom is 0.270 e. The number of pyridine rings is 1. The van der Waals surface area contributed by atoms with Gasteiger partial charge in [0, 0.05) is 17.1 Å². The van der Waals surface area contributed by atoms with E-state index in [2.05, 4.69) is 22.5 Å². The van der Waals surface area contributed by atoms with Gasteiger partial charge in [-0.05, 0) is 62.3 Å². The third kappa shape index (κ3) is 4.55. The zero-order valence-electron chi connectivity index (χ0n) is 17.6. The molecule has 0 radical (unpaired) electrons. The van der Waals surface area contributed by atoms with Crippen molar-refractivity contribution in [1.29, 1.82) is 0 Å². The second kappa shape index (κ2) is 8.65. The summed E-state index contributed by atoms with van der Waals surface area (Å²) in [5.41, 5.74) is -0.553. The zero-order valence-corrected chi connectivity index (χ0v) is 18.3. The number of fused-ring (bicyclic) bond motifs is 3. The van der Waals surface area contributed by atoms with Gasteiger partial charge in [-0.1, -0.05) is 18.5 Å². The Morgan fingerprint density at radius 3 is 2.53 bits per heavy atom. The maximum atomic E-state index is 13.5. The standard InChI is InChI=1S/C23H24ClF2N3O3/c1-14-11-22(29-21(31)19-5-2-15(25)12-27-19)6-8-23(14,9-7-22)28-20(30)13-32-16-3-4-17(24)18(26)10-16/h2-5,10,12,14H,6-9,11,13H2,1H3,(H,28,30)(H,29,31). The molecule has 0 spiro atoms. The minimum Gasteiger partial charge on any atom is -0.484 e. The van der Waals surface area contributed by atoms with Crippen LogP contribution in [0.4, 0.5) is 8.78 Å². The molecule has 9 heteroatoms. The molecule has 0 aliphatic heterocycles. The van der Waals surface area contributed by atoms with Crippen LogP contribution in [0.5, 0.6) is 5.75 Å². The number of amides is 2. The largest absolute Gasteiger partial charge is 0.484 e. The Bertz CT molecular complexity index is 1020. The van der Waals surface area contributed by atoms with Crippen molar-refractivity contribution >= 4 is 23.4 Å². The number of carbonyl (C=O) groups excluding carboxylic acids is 2. The van der Waals surface area contributed by atoms with Crippen molar-refractivity contribution in [2.45, 2.75) is 50.1 Å². The molecule has 3 aliphatic carbocycles. The fraction of sp³-hybridized carbons (Fsp3) is 0.435. The zero-order chi connectivity index (χ0) is 22.9. The van der Waals surface area contributed by atoms with E-state index in [4.69, 9.17) is 16.3 Å². The number of hydrogen-bond donors (Lipinski definition) is 2. The summed E-state index contributed by atoms with van der Waals surface area (Å²) in [4.78, 5) is 29.0. The fourth-order valence-corrected chi connectivity index (χ4v) is 5.04. The topological polar surface area (TPSA) is 80.3 Å². The van der Waals surface area contributed by atoms with Crippen molar-refractivity contribution in [3.63, 3.8) is 0 Å². The summed E-state index contributed by atoms with van der Waals surface area (Å²) in [6, 6.07) is 6.61. The molecule has 5 rings (SSSR count). The first-order valence-corrected chi connectivity index (χ1v) is 10.9. The highest BCUT2D eigenvalue weighted by Crippen LogP contribution is 2.50. The Morgan fingerprint density at radius 1 is 1.16 bits per heavy atom. The van der Waals surface area contributed by atoms with Gasteiger partial charge < -0.3 is 15.4 Å². The molecule has 6 nitrogen and oxygen atoms in total. The fourth-order valence-electron chi connectivity index (χ4n) is 4.92. The highest BCUT2D eigenvalue weighted by Gasteiger charge is 2.54. The van der Waals surface area contributed by atoms with Gasteiger partial charge in [0.05, 0.1) is 11.2 Å². The number of hydrogen-bond acceptors (Lipinski definition) is 4. The Kier molecular flexibility index (Phi) is 6.07. The second-order valence-corrected chi connectivity index (χ2v) is 9.18. The van der Waals surface area contributed by atoms with Crippen LogP contribution in [0, 0.1) is 17.6 Å². The van der Waals surface area contributed by atoms with Gasteiger partial charge >= 0.3 is 0 Å². The number of ether oxygens (including phenoxy) is 1. The number of rotatable bonds is 6. The number of halogens is 3. The lowest BCUT2D eigenvalue weighted by atomic mass is 9.56. The van der Waals surface area contributed by atoms with Crippen LogP contribution in [-0.2, 0) is 4.79 Å². The predicted octanol–water partition coefficient (Wildman–Crippen LogP) is 4.03. The number of nitrogens with zero attached hydrogens (tertiary/aromatic N) is 1. The molecule has 1 aromatic heterocycles. The molecule has 2 bridgehead atoms. The number of aromatic nitrogens is 1. The Labute approximate surface area is 189 Å².